The van der Waals surface area contributed by atoms with Crippen molar-refractivity contribution in [1.82, 2.24) is 10.2 Å². The largest absolute Gasteiger partial charge is 0.390 e. The number of nitrogens with zero attached hydrogens (tertiary/aromatic N) is 1. The topological polar surface area (TPSA) is 15.3 Å². The van der Waals surface area contributed by atoms with E-state index in [-0.39, 0.29) is 12.1 Å². The number of hydrogen-bond acceptors (Lipinski definition) is 2. The molecule has 0 spiro atoms. The monoisotopic (exact) mass is 310 g/mol. The second-order valence-corrected chi connectivity index (χ2v) is 4.94. The zero-order valence-corrected chi connectivity index (χ0v) is 12.0. The number of alkyl halides is 3. The molecule has 1 N–H and O–H groups in total. The average Bonchev–Trinajstić information content (AvgIpc) is 2.40. The fraction of sp³-hybridized carbons (Fsp3) is 0.571. The molecule has 21 heavy (non-hydrogen) atoms. The SMILES string of the molecule is CNC(CCN(C)CCC(F)(F)F)c1cccc(F)c1F. The Balaban J connectivity index is 2.57. The summed E-state index contributed by atoms with van der Waals surface area (Å²) in [5, 5.41) is 2.86. The Bertz CT molecular complexity index is 447. The second kappa shape index (κ2) is 7.70. The molecule has 1 aromatic rings. The van der Waals surface area contributed by atoms with Crippen LogP contribution >= 0.6 is 0 Å². The van der Waals surface area contributed by atoms with E-state index in [4.69, 9.17) is 0 Å². The molecule has 2 nitrogen and oxygen atoms in total. The maximum Gasteiger partial charge on any atom is 0.390 e. The van der Waals surface area contributed by atoms with Gasteiger partial charge in [-0.1, -0.05) is 12.1 Å². The van der Waals surface area contributed by atoms with Crippen LogP contribution in [0.25, 0.3) is 0 Å². The number of benzene rings is 1. The van der Waals surface area contributed by atoms with Crippen LogP contribution in [0.3, 0.4) is 0 Å². The maximum atomic E-state index is 13.7. The van der Waals surface area contributed by atoms with E-state index in [1.807, 2.05) is 0 Å². The van der Waals surface area contributed by atoms with Gasteiger partial charge in [0.1, 0.15) is 0 Å². The number of nitrogens with one attached hydrogen (secondary N) is 1. The molecule has 0 radical (unpaired) electrons. The summed E-state index contributed by atoms with van der Waals surface area (Å²) in [5.41, 5.74) is 0.182. The zero-order valence-electron chi connectivity index (χ0n) is 12.0. The van der Waals surface area contributed by atoms with Crippen LogP contribution in [0.4, 0.5) is 22.0 Å². The van der Waals surface area contributed by atoms with E-state index in [1.54, 1.807) is 14.1 Å². The first-order valence-corrected chi connectivity index (χ1v) is 6.61. The van der Waals surface area contributed by atoms with Crippen LogP contribution in [0.15, 0.2) is 18.2 Å². The van der Waals surface area contributed by atoms with Crippen LogP contribution in [-0.2, 0) is 0 Å². The first-order valence-electron chi connectivity index (χ1n) is 6.61. The van der Waals surface area contributed by atoms with Crippen molar-refractivity contribution in [2.75, 3.05) is 27.2 Å². The summed E-state index contributed by atoms with van der Waals surface area (Å²) in [6.07, 6.45) is -4.70. The lowest BCUT2D eigenvalue weighted by Crippen LogP contribution is -2.29. The predicted octanol–water partition coefficient (Wildman–Crippen LogP) is 3.50. The molecule has 0 aliphatic carbocycles. The van der Waals surface area contributed by atoms with Gasteiger partial charge >= 0.3 is 6.18 Å². The highest BCUT2D eigenvalue weighted by molar-refractivity contribution is 5.22. The molecular weight excluding hydrogens is 291 g/mol. The molecule has 0 aliphatic heterocycles. The van der Waals surface area contributed by atoms with Gasteiger partial charge in [-0.3, -0.25) is 0 Å². The molecule has 0 fully saturated rings. The van der Waals surface area contributed by atoms with Gasteiger partial charge in [0.05, 0.1) is 6.42 Å². The number of rotatable bonds is 7. The van der Waals surface area contributed by atoms with Crippen molar-refractivity contribution >= 4 is 0 Å². The minimum atomic E-state index is -4.19. The third kappa shape index (κ3) is 5.97. The van der Waals surface area contributed by atoms with Crippen molar-refractivity contribution in [2.24, 2.45) is 0 Å². The molecule has 120 valence electrons. The molecule has 1 rings (SSSR count). The Labute approximate surface area is 120 Å². The summed E-state index contributed by atoms with van der Waals surface area (Å²) in [6.45, 7) is 0.225. The highest BCUT2D eigenvalue weighted by Crippen LogP contribution is 2.23. The Kier molecular flexibility index (Phi) is 6.54. The highest BCUT2D eigenvalue weighted by atomic mass is 19.4. The molecule has 1 aromatic carbocycles. The summed E-state index contributed by atoms with van der Waals surface area (Å²) < 4.78 is 63.2. The van der Waals surface area contributed by atoms with Crippen molar-refractivity contribution in [3.63, 3.8) is 0 Å². The predicted molar refractivity (Wildman–Crippen MR) is 70.9 cm³/mol. The second-order valence-electron chi connectivity index (χ2n) is 4.94. The summed E-state index contributed by atoms with van der Waals surface area (Å²) in [7, 11) is 3.17. The first kappa shape index (κ1) is 17.8. The van der Waals surface area contributed by atoms with Crippen molar-refractivity contribution in [1.29, 1.82) is 0 Å². The fourth-order valence-corrected chi connectivity index (χ4v) is 2.02. The third-order valence-electron chi connectivity index (χ3n) is 3.28. The number of halogens is 5. The lowest BCUT2D eigenvalue weighted by Gasteiger charge is -2.22. The quantitative estimate of drug-likeness (QED) is 0.776. The highest BCUT2D eigenvalue weighted by Gasteiger charge is 2.27. The molecule has 0 amide bonds. The van der Waals surface area contributed by atoms with Gasteiger partial charge in [0.2, 0.25) is 0 Å². The molecule has 1 atom stereocenters. The molecule has 0 aliphatic rings. The Hall–Kier alpha value is -1.21. The molecule has 0 saturated carbocycles. The zero-order chi connectivity index (χ0) is 16.0. The van der Waals surface area contributed by atoms with Crippen LogP contribution in [-0.4, -0.2) is 38.3 Å². The van der Waals surface area contributed by atoms with Crippen LogP contribution < -0.4 is 5.32 Å². The number of hydrogen-bond donors (Lipinski definition) is 1. The van der Waals surface area contributed by atoms with Gasteiger partial charge in [-0.15, -0.1) is 0 Å². The summed E-state index contributed by atoms with van der Waals surface area (Å²) in [4.78, 5) is 1.52. The van der Waals surface area contributed by atoms with Crippen LogP contribution in [0.5, 0.6) is 0 Å². The average molecular weight is 310 g/mol. The standard InChI is InChI=1S/C14H19F5N2/c1-20-12(10-4-3-5-11(15)13(10)16)6-8-21(2)9-7-14(17,18)19/h3-5,12,20H,6-9H2,1-2H3. The van der Waals surface area contributed by atoms with E-state index in [2.05, 4.69) is 5.32 Å². The molecule has 0 heterocycles. The van der Waals surface area contributed by atoms with E-state index in [0.717, 1.165) is 6.07 Å². The third-order valence-corrected chi connectivity index (χ3v) is 3.28. The first-order chi connectivity index (χ1) is 9.74. The van der Waals surface area contributed by atoms with Gasteiger partial charge in [0.15, 0.2) is 11.6 Å². The smallest absolute Gasteiger partial charge is 0.313 e. The fourth-order valence-electron chi connectivity index (χ4n) is 2.02. The van der Waals surface area contributed by atoms with E-state index in [9.17, 15) is 22.0 Å². The lowest BCUT2D eigenvalue weighted by molar-refractivity contribution is -0.137. The minimum absolute atomic E-state index is 0.119. The molecule has 0 bridgehead atoms. The van der Waals surface area contributed by atoms with E-state index in [0.29, 0.717) is 13.0 Å². The Morgan fingerprint density at radius 2 is 1.86 bits per heavy atom. The normalized spacial score (nSPS) is 13.7. The van der Waals surface area contributed by atoms with E-state index in [1.165, 1.54) is 17.0 Å². The van der Waals surface area contributed by atoms with Crippen molar-refractivity contribution in [2.45, 2.75) is 25.1 Å². The minimum Gasteiger partial charge on any atom is -0.313 e. The Morgan fingerprint density at radius 3 is 2.43 bits per heavy atom. The van der Waals surface area contributed by atoms with Gasteiger partial charge in [-0.05, 0) is 33.1 Å². The van der Waals surface area contributed by atoms with Gasteiger partial charge in [0, 0.05) is 18.2 Å². The molecular formula is C14H19F5N2. The van der Waals surface area contributed by atoms with Crippen LogP contribution in [0.1, 0.15) is 24.4 Å². The maximum absolute atomic E-state index is 13.7. The van der Waals surface area contributed by atoms with E-state index >= 15 is 0 Å². The van der Waals surface area contributed by atoms with Gasteiger partial charge in [-0.2, -0.15) is 13.2 Å². The van der Waals surface area contributed by atoms with Gasteiger partial charge < -0.3 is 10.2 Å². The molecule has 7 heteroatoms. The van der Waals surface area contributed by atoms with Crippen molar-refractivity contribution in [3.8, 4) is 0 Å². The molecule has 0 saturated heterocycles. The molecule has 0 aromatic heterocycles. The summed E-state index contributed by atoms with van der Waals surface area (Å²) in [6, 6.07) is 3.45. The Morgan fingerprint density at radius 1 is 1.19 bits per heavy atom. The van der Waals surface area contributed by atoms with Crippen LogP contribution in [0.2, 0.25) is 0 Å². The van der Waals surface area contributed by atoms with Crippen molar-refractivity contribution in [3.05, 3.63) is 35.4 Å². The summed E-state index contributed by atoms with van der Waals surface area (Å²) in [5.74, 6) is -1.85. The van der Waals surface area contributed by atoms with Crippen LogP contribution in [0, 0.1) is 11.6 Å². The molecule has 1 unspecified atom stereocenters. The van der Waals surface area contributed by atoms with Gasteiger partial charge in [0.25, 0.3) is 0 Å². The van der Waals surface area contributed by atoms with Gasteiger partial charge in [-0.25, -0.2) is 8.78 Å². The summed E-state index contributed by atoms with van der Waals surface area (Å²) >= 11 is 0. The lowest BCUT2D eigenvalue weighted by atomic mass is 10.0. The van der Waals surface area contributed by atoms with E-state index < -0.39 is 30.3 Å². The van der Waals surface area contributed by atoms with Crippen molar-refractivity contribution < 1.29 is 22.0 Å².